The number of nitrogens with one attached hydrogen (secondary N) is 1. The van der Waals surface area contributed by atoms with E-state index in [0.29, 0.717) is 12.1 Å². The van der Waals surface area contributed by atoms with E-state index >= 15 is 0 Å². The predicted molar refractivity (Wildman–Crippen MR) is 87.9 cm³/mol. The number of amides is 1. The Balaban J connectivity index is 2.04. The van der Waals surface area contributed by atoms with E-state index in [2.05, 4.69) is 18.3 Å². The van der Waals surface area contributed by atoms with Gasteiger partial charge in [-0.1, -0.05) is 12.1 Å². The van der Waals surface area contributed by atoms with E-state index in [9.17, 15) is 4.79 Å². The molecule has 1 atom stereocenters. The number of hydrogen-bond donors (Lipinski definition) is 1. The molecule has 0 aliphatic rings. The number of furan rings is 1. The average molecular weight is 300 g/mol. The highest BCUT2D eigenvalue weighted by molar-refractivity contribution is 5.94. The van der Waals surface area contributed by atoms with E-state index in [1.54, 1.807) is 19.0 Å². The molecule has 1 N–H and O–H groups in total. The topological polar surface area (TPSA) is 45.5 Å². The van der Waals surface area contributed by atoms with Gasteiger partial charge in [-0.3, -0.25) is 4.79 Å². The summed E-state index contributed by atoms with van der Waals surface area (Å²) in [6, 6.07) is 10.0. The number of rotatable bonds is 5. The number of nitrogens with zero attached hydrogens (tertiary/aromatic N) is 1. The first-order valence-corrected chi connectivity index (χ1v) is 7.49. The van der Waals surface area contributed by atoms with E-state index in [1.165, 1.54) is 5.56 Å². The molecule has 4 heteroatoms. The van der Waals surface area contributed by atoms with Crippen LogP contribution in [0.4, 0.5) is 0 Å². The van der Waals surface area contributed by atoms with E-state index in [-0.39, 0.29) is 11.9 Å². The summed E-state index contributed by atoms with van der Waals surface area (Å²) in [7, 11) is 3.53. The van der Waals surface area contributed by atoms with Crippen LogP contribution in [0.25, 0.3) is 0 Å². The monoisotopic (exact) mass is 300 g/mol. The molecule has 118 valence electrons. The van der Waals surface area contributed by atoms with Crippen molar-refractivity contribution in [2.24, 2.45) is 0 Å². The first-order chi connectivity index (χ1) is 10.4. The Hall–Kier alpha value is -2.07. The molecule has 1 aromatic heterocycles. The van der Waals surface area contributed by atoms with Crippen LogP contribution in [0.3, 0.4) is 0 Å². The van der Waals surface area contributed by atoms with Gasteiger partial charge in [0.1, 0.15) is 11.5 Å². The lowest BCUT2D eigenvalue weighted by Crippen LogP contribution is -2.22. The van der Waals surface area contributed by atoms with Gasteiger partial charge >= 0.3 is 0 Å². The van der Waals surface area contributed by atoms with Crippen molar-refractivity contribution in [3.63, 3.8) is 0 Å². The second kappa shape index (κ2) is 6.79. The van der Waals surface area contributed by atoms with Crippen LogP contribution in [0.2, 0.25) is 0 Å². The minimum Gasteiger partial charge on any atom is -0.466 e. The number of benzene rings is 1. The standard InChI is InChI=1S/C18H24N2O2/c1-12-9-17(14(3)22-12)13(2)19-11-15-7-6-8-16(10-15)18(21)20(4)5/h6-10,13,19H,11H2,1-5H3. The largest absolute Gasteiger partial charge is 0.466 e. The normalized spacial score (nSPS) is 12.2. The zero-order valence-electron chi connectivity index (χ0n) is 13.9. The summed E-state index contributed by atoms with van der Waals surface area (Å²) in [5.74, 6) is 1.91. The van der Waals surface area contributed by atoms with Gasteiger partial charge in [0.2, 0.25) is 0 Å². The van der Waals surface area contributed by atoms with Gasteiger partial charge in [0, 0.05) is 37.8 Å². The minimum atomic E-state index is 0.0243. The van der Waals surface area contributed by atoms with Gasteiger partial charge < -0.3 is 14.6 Å². The Bertz CT molecular complexity index is 659. The average Bonchev–Trinajstić information content (AvgIpc) is 2.83. The number of carbonyl (C=O) groups excluding carboxylic acids is 1. The molecule has 0 aliphatic carbocycles. The number of aryl methyl sites for hydroxylation is 2. The van der Waals surface area contributed by atoms with E-state index in [1.807, 2.05) is 38.1 Å². The molecule has 0 spiro atoms. The van der Waals surface area contributed by atoms with Gasteiger partial charge in [0.15, 0.2) is 0 Å². The summed E-state index contributed by atoms with van der Waals surface area (Å²) in [4.78, 5) is 13.6. The van der Waals surface area contributed by atoms with Gasteiger partial charge in [-0.05, 0) is 44.5 Å². The van der Waals surface area contributed by atoms with Crippen molar-refractivity contribution >= 4 is 5.91 Å². The molecule has 2 aromatic rings. The zero-order chi connectivity index (χ0) is 16.3. The van der Waals surface area contributed by atoms with E-state index in [0.717, 1.165) is 17.1 Å². The van der Waals surface area contributed by atoms with Crippen molar-refractivity contribution in [3.8, 4) is 0 Å². The minimum absolute atomic E-state index is 0.0243. The molecule has 1 amide bonds. The first kappa shape index (κ1) is 16.3. The SMILES string of the molecule is Cc1cc(C(C)NCc2cccc(C(=O)N(C)C)c2)c(C)o1. The zero-order valence-corrected chi connectivity index (χ0v) is 13.9. The number of hydrogen-bond acceptors (Lipinski definition) is 3. The number of carbonyl (C=O) groups is 1. The summed E-state index contributed by atoms with van der Waals surface area (Å²) < 4.78 is 5.57. The fraction of sp³-hybridized carbons (Fsp3) is 0.389. The summed E-state index contributed by atoms with van der Waals surface area (Å²) in [5.41, 5.74) is 2.99. The highest BCUT2D eigenvalue weighted by atomic mass is 16.3. The lowest BCUT2D eigenvalue weighted by molar-refractivity contribution is 0.0827. The van der Waals surface area contributed by atoms with Crippen LogP contribution in [0.1, 0.15) is 46.0 Å². The van der Waals surface area contributed by atoms with Crippen molar-refractivity contribution < 1.29 is 9.21 Å². The predicted octanol–water partition coefficient (Wildman–Crippen LogP) is 3.45. The van der Waals surface area contributed by atoms with Crippen LogP contribution in [0, 0.1) is 13.8 Å². The molecular formula is C18H24N2O2. The third-order valence-corrected chi connectivity index (χ3v) is 3.74. The molecule has 0 bridgehead atoms. The molecule has 0 fully saturated rings. The fourth-order valence-corrected chi connectivity index (χ4v) is 2.53. The third-order valence-electron chi connectivity index (χ3n) is 3.74. The molecule has 0 aliphatic heterocycles. The maximum Gasteiger partial charge on any atom is 0.253 e. The van der Waals surface area contributed by atoms with Crippen LogP contribution in [0.15, 0.2) is 34.7 Å². The van der Waals surface area contributed by atoms with Crippen molar-refractivity contribution in [1.29, 1.82) is 0 Å². The highest BCUT2D eigenvalue weighted by Crippen LogP contribution is 2.21. The van der Waals surface area contributed by atoms with Crippen LogP contribution in [0.5, 0.6) is 0 Å². The van der Waals surface area contributed by atoms with Crippen LogP contribution in [-0.2, 0) is 6.54 Å². The Morgan fingerprint density at radius 1 is 1.27 bits per heavy atom. The van der Waals surface area contributed by atoms with Crippen molar-refractivity contribution in [1.82, 2.24) is 10.2 Å². The second-order valence-corrected chi connectivity index (χ2v) is 5.87. The summed E-state index contributed by atoms with van der Waals surface area (Å²) in [6.45, 7) is 6.77. The van der Waals surface area contributed by atoms with Gasteiger partial charge in [0.05, 0.1) is 0 Å². The molecule has 0 saturated heterocycles. The van der Waals surface area contributed by atoms with Crippen molar-refractivity contribution in [3.05, 3.63) is 58.5 Å². The molecule has 0 radical (unpaired) electrons. The van der Waals surface area contributed by atoms with E-state index < -0.39 is 0 Å². The van der Waals surface area contributed by atoms with Crippen molar-refractivity contribution in [2.45, 2.75) is 33.4 Å². The Kier molecular flexibility index (Phi) is 5.03. The fourth-order valence-electron chi connectivity index (χ4n) is 2.53. The summed E-state index contributed by atoms with van der Waals surface area (Å²) in [5, 5.41) is 3.48. The van der Waals surface area contributed by atoms with Gasteiger partial charge in [0.25, 0.3) is 5.91 Å². The lowest BCUT2D eigenvalue weighted by Gasteiger charge is -2.14. The molecule has 1 unspecified atom stereocenters. The molecule has 1 heterocycles. The third kappa shape index (κ3) is 3.77. The maximum atomic E-state index is 12.0. The smallest absolute Gasteiger partial charge is 0.253 e. The lowest BCUT2D eigenvalue weighted by atomic mass is 10.1. The molecule has 22 heavy (non-hydrogen) atoms. The van der Waals surface area contributed by atoms with Gasteiger partial charge in [-0.15, -0.1) is 0 Å². The molecular weight excluding hydrogens is 276 g/mol. The molecule has 0 saturated carbocycles. The maximum absolute atomic E-state index is 12.0. The van der Waals surface area contributed by atoms with Crippen LogP contribution >= 0.6 is 0 Å². The second-order valence-electron chi connectivity index (χ2n) is 5.87. The summed E-state index contributed by atoms with van der Waals surface area (Å²) in [6.07, 6.45) is 0. The molecule has 1 aromatic carbocycles. The Morgan fingerprint density at radius 3 is 2.59 bits per heavy atom. The highest BCUT2D eigenvalue weighted by Gasteiger charge is 2.13. The van der Waals surface area contributed by atoms with Crippen LogP contribution < -0.4 is 5.32 Å². The molecule has 2 rings (SSSR count). The van der Waals surface area contributed by atoms with E-state index in [4.69, 9.17) is 4.42 Å². The van der Waals surface area contributed by atoms with Crippen molar-refractivity contribution in [2.75, 3.05) is 14.1 Å². The molecule has 4 nitrogen and oxygen atoms in total. The van der Waals surface area contributed by atoms with Crippen LogP contribution in [-0.4, -0.2) is 24.9 Å². The summed E-state index contributed by atoms with van der Waals surface area (Å²) >= 11 is 0. The first-order valence-electron chi connectivity index (χ1n) is 7.49. The van der Waals surface area contributed by atoms with Gasteiger partial charge in [-0.2, -0.15) is 0 Å². The quantitative estimate of drug-likeness (QED) is 0.920. The van der Waals surface area contributed by atoms with Gasteiger partial charge in [-0.25, -0.2) is 0 Å². The Labute approximate surface area is 132 Å². The Morgan fingerprint density at radius 2 is 2.00 bits per heavy atom.